The van der Waals surface area contributed by atoms with E-state index in [4.69, 9.17) is 9.47 Å². The average molecular weight is 154 g/mol. The number of rotatable bonds is 2. The SMILES string of the molecule is C[C@H]1C=C(CC2CO2)C(=O)O1. The molecule has 0 spiro atoms. The Labute approximate surface area is 65.0 Å². The van der Waals surface area contributed by atoms with Crippen molar-refractivity contribution in [2.75, 3.05) is 6.61 Å². The van der Waals surface area contributed by atoms with Gasteiger partial charge in [0.1, 0.15) is 6.10 Å². The molecular formula is C8H10O3. The van der Waals surface area contributed by atoms with Crippen molar-refractivity contribution < 1.29 is 14.3 Å². The topological polar surface area (TPSA) is 38.8 Å². The minimum absolute atomic E-state index is 0.0451. The van der Waals surface area contributed by atoms with E-state index in [0.29, 0.717) is 0 Å². The molecule has 2 aliphatic rings. The molecule has 11 heavy (non-hydrogen) atoms. The molecule has 0 amide bonds. The number of carbonyl (C=O) groups is 1. The van der Waals surface area contributed by atoms with Crippen LogP contribution in [0.4, 0.5) is 0 Å². The van der Waals surface area contributed by atoms with Crippen LogP contribution in [0.15, 0.2) is 11.6 Å². The number of hydrogen-bond donors (Lipinski definition) is 0. The molecule has 0 radical (unpaired) electrons. The fourth-order valence-corrected chi connectivity index (χ4v) is 1.21. The minimum atomic E-state index is -0.173. The van der Waals surface area contributed by atoms with E-state index in [1.807, 2.05) is 13.0 Å². The van der Waals surface area contributed by atoms with Crippen LogP contribution < -0.4 is 0 Å². The van der Waals surface area contributed by atoms with Crippen LogP contribution in [0, 0.1) is 0 Å². The van der Waals surface area contributed by atoms with Gasteiger partial charge in [0.25, 0.3) is 0 Å². The summed E-state index contributed by atoms with van der Waals surface area (Å²) in [5.41, 5.74) is 0.778. The Kier molecular flexibility index (Phi) is 1.46. The van der Waals surface area contributed by atoms with Gasteiger partial charge in [0.05, 0.1) is 12.7 Å². The van der Waals surface area contributed by atoms with Crippen molar-refractivity contribution in [3.63, 3.8) is 0 Å². The molecule has 1 saturated heterocycles. The Hall–Kier alpha value is -0.830. The summed E-state index contributed by atoms with van der Waals surface area (Å²) >= 11 is 0. The van der Waals surface area contributed by atoms with Crippen LogP contribution >= 0.6 is 0 Å². The second-order valence-corrected chi connectivity index (χ2v) is 2.96. The summed E-state index contributed by atoms with van der Waals surface area (Å²) in [5, 5.41) is 0. The third-order valence-corrected chi connectivity index (χ3v) is 1.84. The van der Waals surface area contributed by atoms with Crippen LogP contribution in [0.25, 0.3) is 0 Å². The molecular weight excluding hydrogens is 144 g/mol. The Morgan fingerprint density at radius 2 is 2.45 bits per heavy atom. The first kappa shape index (κ1) is 6.85. The minimum Gasteiger partial charge on any atom is -0.455 e. The molecule has 2 rings (SSSR count). The van der Waals surface area contributed by atoms with E-state index >= 15 is 0 Å². The van der Waals surface area contributed by atoms with Crippen molar-refractivity contribution in [3.05, 3.63) is 11.6 Å². The highest BCUT2D eigenvalue weighted by Crippen LogP contribution is 2.24. The largest absolute Gasteiger partial charge is 0.455 e. The van der Waals surface area contributed by atoms with E-state index in [0.717, 1.165) is 18.6 Å². The van der Waals surface area contributed by atoms with E-state index in [-0.39, 0.29) is 18.2 Å². The van der Waals surface area contributed by atoms with Gasteiger partial charge in [0, 0.05) is 12.0 Å². The molecule has 1 fully saturated rings. The number of esters is 1. The molecule has 2 heterocycles. The molecule has 1 unspecified atom stereocenters. The molecule has 0 aliphatic carbocycles. The van der Waals surface area contributed by atoms with Crippen molar-refractivity contribution in [1.29, 1.82) is 0 Å². The van der Waals surface area contributed by atoms with Gasteiger partial charge < -0.3 is 9.47 Å². The lowest BCUT2D eigenvalue weighted by Gasteiger charge is -1.97. The van der Waals surface area contributed by atoms with E-state index in [1.165, 1.54) is 0 Å². The normalized spacial score (nSPS) is 35.0. The van der Waals surface area contributed by atoms with E-state index in [1.54, 1.807) is 0 Å². The van der Waals surface area contributed by atoms with E-state index < -0.39 is 0 Å². The zero-order valence-corrected chi connectivity index (χ0v) is 6.37. The number of ether oxygens (including phenoxy) is 2. The zero-order valence-electron chi connectivity index (χ0n) is 6.37. The smallest absolute Gasteiger partial charge is 0.334 e. The van der Waals surface area contributed by atoms with Crippen molar-refractivity contribution >= 4 is 5.97 Å². The predicted octanol–water partition coefficient (Wildman–Crippen LogP) is 0.647. The lowest BCUT2D eigenvalue weighted by molar-refractivity contribution is -0.139. The first-order valence-corrected chi connectivity index (χ1v) is 3.79. The fraction of sp³-hybridized carbons (Fsp3) is 0.625. The average Bonchev–Trinajstić information content (AvgIpc) is 2.64. The van der Waals surface area contributed by atoms with Gasteiger partial charge in [-0.3, -0.25) is 0 Å². The van der Waals surface area contributed by atoms with Gasteiger partial charge >= 0.3 is 5.97 Å². The molecule has 0 N–H and O–H groups in total. The van der Waals surface area contributed by atoms with Crippen LogP contribution in [-0.2, 0) is 14.3 Å². The summed E-state index contributed by atoms with van der Waals surface area (Å²) in [5.74, 6) is -0.173. The molecule has 0 aromatic rings. The molecule has 60 valence electrons. The third-order valence-electron chi connectivity index (χ3n) is 1.84. The van der Waals surface area contributed by atoms with Crippen LogP contribution in [0.3, 0.4) is 0 Å². The summed E-state index contributed by atoms with van der Waals surface area (Å²) in [7, 11) is 0. The first-order valence-electron chi connectivity index (χ1n) is 3.79. The Morgan fingerprint density at radius 3 is 2.91 bits per heavy atom. The monoisotopic (exact) mass is 154 g/mol. The second-order valence-electron chi connectivity index (χ2n) is 2.96. The highest BCUT2D eigenvalue weighted by atomic mass is 16.6. The van der Waals surface area contributed by atoms with Crippen molar-refractivity contribution in [2.45, 2.75) is 25.6 Å². The summed E-state index contributed by atoms with van der Waals surface area (Å²) in [6, 6.07) is 0. The highest BCUT2D eigenvalue weighted by Gasteiger charge is 2.30. The Balaban J connectivity index is 1.99. The maximum Gasteiger partial charge on any atom is 0.334 e. The Morgan fingerprint density at radius 1 is 1.73 bits per heavy atom. The maximum absolute atomic E-state index is 11.0. The lowest BCUT2D eigenvalue weighted by atomic mass is 10.1. The Bertz CT molecular complexity index is 215. The maximum atomic E-state index is 11.0. The summed E-state index contributed by atoms with van der Waals surface area (Å²) < 4.78 is 9.92. The highest BCUT2D eigenvalue weighted by molar-refractivity contribution is 5.90. The van der Waals surface area contributed by atoms with Gasteiger partial charge in [-0.1, -0.05) is 0 Å². The summed E-state index contributed by atoms with van der Waals surface area (Å²) in [6.45, 7) is 2.65. The molecule has 2 atom stereocenters. The van der Waals surface area contributed by atoms with E-state index in [2.05, 4.69) is 0 Å². The van der Waals surface area contributed by atoms with Gasteiger partial charge in [-0.05, 0) is 13.0 Å². The third kappa shape index (κ3) is 1.43. The number of cyclic esters (lactones) is 1. The van der Waals surface area contributed by atoms with Gasteiger partial charge in [-0.25, -0.2) is 4.79 Å². The predicted molar refractivity (Wildman–Crippen MR) is 38.0 cm³/mol. The number of epoxide rings is 1. The number of carbonyl (C=O) groups excluding carboxylic acids is 1. The fourth-order valence-electron chi connectivity index (χ4n) is 1.21. The van der Waals surface area contributed by atoms with Crippen LogP contribution in [0.1, 0.15) is 13.3 Å². The van der Waals surface area contributed by atoms with Gasteiger partial charge in [0.2, 0.25) is 0 Å². The molecule has 0 aromatic carbocycles. The van der Waals surface area contributed by atoms with Crippen molar-refractivity contribution in [1.82, 2.24) is 0 Å². The zero-order chi connectivity index (χ0) is 7.84. The second kappa shape index (κ2) is 2.34. The van der Waals surface area contributed by atoms with Crippen LogP contribution in [0.5, 0.6) is 0 Å². The van der Waals surface area contributed by atoms with Crippen LogP contribution in [0.2, 0.25) is 0 Å². The number of hydrogen-bond acceptors (Lipinski definition) is 3. The molecule has 2 aliphatic heterocycles. The summed E-state index contributed by atoms with van der Waals surface area (Å²) in [4.78, 5) is 11.0. The van der Waals surface area contributed by atoms with Gasteiger partial charge in [-0.2, -0.15) is 0 Å². The quantitative estimate of drug-likeness (QED) is 0.433. The van der Waals surface area contributed by atoms with Crippen LogP contribution in [-0.4, -0.2) is 24.8 Å². The van der Waals surface area contributed by atoms with Crippen molar-refractivity contribution in [2.24, 2.45) is 0 Å². The molecule has 3 heteroatoms. The molecule has 0 saturated carbocycles. The molecule has 0 aromatic heterocycles. The lowest BCUT2D eigenvalue weighted by Crippen LogP contribution is -2.04. The molecule has 0 bridgehead atoms. The van der Waals surface area contributed by atoms with Gasteiger partial charge in [0.15, 0.2) is 0 Å². The first-order chi connectivity index (χ1) is 5.25. The standard InChI is InChI=1S/C8H10O3/c1-5-2-6(8(9)11-5)3-7-4-10-7/h2,5,7H,3-4H2,1H3/t5-,7?/m0/s1. The van der Waals surface area contributed by atoms with E-state index in [9.17, 15) is 4.79 Å². The summed E-state index contributed by atoms with van der Waals surface area (Å²) in [6.07, 6.45) is 2.82. The van der Waals surface area contributed by atoms with Crippen molar-refractivity contribution in [3.8, 4) is 0 Å². The molecule has 3 nitrogen and oxygen atoms in total. The van der Waals surface area contributed by atoms with Gasteiger partial charge in [-0.15, -0.1) is 0 Å².